The molecule has 0 aromatic heterocycles. The molecule has 3 aliphatic heterocycles. The lowest BCUT2D eigenvalue weighted by atomic mass is 10.1. The summed E-state index contributed by atoms with van der Waals surface area (Å²) in [5, 5.41) is 1.17. The van der Waals surface area contributed by atoms with Crippen LogP contribution in [0.25, 0.3) is 0 Å². The van der Waals surface area contributed by atoms with E-state index in [1.807, 2.05) is 17.0 Å². The Bertz CT molecular complexity index is 835. The molecule has 1 amide bonds. The van der Waals surface area contributed by atoms with Gasteiger partial charge in [0.05, 0.1) is 17.5 Å². The molecular weight excluding hydrogens is 396 g/mol. The molecule has 1 aromatic rings. The monoisotopic (exact) mass is 414 g/mol. The van der Waals surface area contributed by atoms with Gasteiger partial charge in [0, 0.05) is 23.4 Å². The van der Waals surface area contributed by atoms with Crippen LogP contribution in [0.5, 0.6) is 0 Å². The number of thioether (sulfide) groups is 1. The fraction of sp³-hybridized carbons (Fsp3) is 0.529. The molecule has 1 aromatic carbocycles. The Morgan fingerprint density at radius 2 is 2.08 bits per heavy atom. The van der Waals surface area contributed by atoms with Crippen molar-refractivity contribution in [2.75, 3.05) is 18.1 Å². The number of aliphatic imine (C=N–C) groups is 1. The van der Waals surface area contributed by atoms with Crippen molar-refractivity contribution in [3.05, 3.63) is 34.9 Å². The number of nitrogens with zero attached hydrogens (tertiary/aromatic N) is 2. The summed E-state index contributed by atoms with van der Waals surface area (Å²) in [5.41, 5.74) is 0.997. The quantitative estimate of drug-likeness (QED) is 0.754. The van der Waals surface area contributed by atoms with E-state index < -0.39 is 15.9 Å². The van der Waals surface area contributed by atoms with Crippen LogP contribution in [0, 0.1) is 0 Å². The zero-order chi connectivity index (χ0) is 18.3. The number of fused-ring (bicyclic) bond motifs is 1. The molecule has 0 bridgehead atoms. The van der Waals surface area contributed by atoms with Gasteiger partial charge in [-0.1, -0.05) is 35.5 Å². The maximum atomic E-state index is 12.4. The van der Waals surface area contributed by atoms with Gasteiger partial charge in [0.25, 0.3) is 5.91 Å². The van der Waals surface area contributed by atoms with E-state index in [9.17, 15) is 13.2 Å². The third kappa shape index (κ3) is 3.78. The molecule has 3 aliphatic rings. The van der Waals surface area contributed by atoms with E-state index in [0.29, 0.717) is 29.8 Å². The molecule has 3 saturated heterocycles. The van der Waals surface area contributed by atoms with E-state index in [0.717, 1.165) is 12.0 Å². The van der Waals surface area contributed by atoms with Crippen molar-refractivity contribution in [3.63, 3.8) is 0 Å². The van der Waals surface area contributed by atoms with Crippen LogP contribution >= 0.6 is 23.4 Å². The minimum Gasteiger partial charge on any atom is -0.368 e. The van der Waals surface area contributed by atoms with E-state index in [1.165, 1.54) is 11.8 Å². The first-order chi connectivity index (χ1) is 12.4. The van der Waals surface area contributed by atoms with E-state index in [1.54, 1.807) is 12.1 Å². The van der Waals surface area contributed by atoms with Gasteiger partial charge in [0.15, 0.2) is 15.0 Å². The van der Waals surface area contributed by atoms with E-state index in [2.05, 4.69) is 4.99 Å². The summed E-state index contributed by atoms with van der Waals surface area (Å²) >= 11 is 7.34. The lowest BCUT2D eigenvalue weighted by Gasteiger charge is -2.24. The Hall–Kier alpha value is -1.09. The van der Waals surface area contributed by atoms with Crippen molar-refractivity contribution in [1.82, 2.24) is 4.90 Å². The maximum Gasteiger partial charge on any atom is 0.277 e. The van der Waals surface area contributed by atoms with Gasteiger partial charge in [0.2, 0.25) is 0 Å². The summed E-state index contributed by atoms with van der Waals surface area (Å²) in [6.45, 7) is 1.09. The van der Waals surface area contributed by atoms with E-state index in [4.69, 9.17) is 16.3 Å². The van der Waals surface area contributed by atoms with Gasteiger partial charge in [0.1, 0.15) is 6.10 Å². The van der Waals surface area contributed by atoms with Crippen LogP contribution in [0.2, 0.25) is 5.02 Å². The van der Waals surface area contributed by atoms with Crippen molar-refractivity contribution in [3.8, 4) is 0 Å². The Labute approximate surface area is 161 Å². The van der Waals surface area contributed by atoms with Crippen LogP contribution in [-0.2, 0) is 25.9 Å². The summed E-state index contributed by atoms with van der Waals surface area (Å²) in [4.78, 5) is 18.7. The molecule has 0 unspecified atom stereocenters. The normalized spacial score (nSPS) is 31.5. The van der Waals surface area contributed by atoms with Crippen LogP contribution < -0.4 is 0 Å². The number of rotatable bonds is 3. The topological polar surface area (TPSA) is 76.0 Å². The number of benzene rings is 1. The molecule has 0 spiro atoms. The van der Waals surface area contributed by atoms with Gasteiger partial charge in [-0.15, -0.1) is 0 Å². The highest BCUT2D eigenvalue weighted by molar-refractivity contribution is 8.15. The van der Waals surface area contributed by atoms with Gasteiger partial charge < -0.3 is 9.64 Å². The zero-order valence-electron chi connectivity index (χ0n) is 14.0. The summed E-state index contributed by atoms with van der Waals surface area (Å²) in [7, 11) is -3.05. The van der Waals surface area contributed by atoms with Crippen LogP contribution in [0.15, 0.2) is 29.3 Å². The Kier molecular flexibility index (Phi) is 5.02. The number of sulfone groups is 1. The predicted octanol–water partition coefficient (Wildman–Crippen LogP) is 2.12. The highest BCUT2D eigenvalue weighted by Gasteiger charge is 2.48. The lowest BCUT2D eigenvalue weighted by molar-refractivity contribution is -0.126. The van der Waals surface area contributed by atoms with E-state index >= 15 is 0 Å². The van der Waals surface area contributed by atoms with Crippen molar-refractivity contribution >= 4 is 44.3 Å². The van der Waals surface area contributed by atoms with Gasteiger partial charge in [-0.25, -0.2) is 8.42 Å². The fourth-order valence-electron chi connectivity index (χ4n) is 3.55. The number of carbonyl (C=O) groups is 1. The molecule has 26 heavy (non-hydrogen) atoms. The van der Waals surface area contributed by atoms with Crippen molar-refractivity contribution < 1.29 is 17.9 Å². The Morgan fingerprint density at radius 1 is 1.31 bits per heavy atom. The van der Waals surface area contributed by atoms with Crippen molar-refractivity contribution in [1.29, 1.82) is 0 Å². The summed E-state index contributed by atoms with van der Waals surface area (Å²) < 4.78 is 29.5. The molecule has 0 saturated carbocycles. The third-order valence-electron chi connectivity index (χ3n) is 4.85. The SMILES string of the molecule is O=C(N=C1S[C@@H]2CS(=O)(=O)C[C@H]2N1Cc1ccc(Cl)cc1)[C@H]1CCCO1. The lowest BCUT2D eigenvalue weighted by Crippen LogP contribution is -2.37. The number of hydrogen-bond acceptors (Lipinski definition) is 5. The van der Waals surface area contributed by atoms with Crippen LogP contribution in [-0.4, -0.2) is 59.9 Å². The third-order valence-corrected chi connectivity index (χ3v) is 8.35. The van der Waals surface area contributed by atoms with Crippen molar-refractivity contribution in [2.45, 2.75) is 36.8 Å². The molecule has 3 fully saturated rings. The maximum absolute atomic E-state index is 12.4. The smallest absolute Gasteiger partial charge is 0.277 e. The predicted molar refractivity (Wildman–Crippen MR) is 102 cm³/mol. The molecule has 3 heterocycles. The van der Waals surface area contributed by atoms with Crippen molar-refractivity contribution in [2.24, 2.45) is 4.99 Å². The van der Waals surface area contributed by atoms with E-state index in [-0.39, 0.29) is 28.7 Å². The number of hydrogen-bond donors (Lipinski definition) is 0. The van der Waals surface area contributed by atoms with Crippen LogP contribution in [0.1, 0.15) is 18.4 Å². The molecule has 140 valence electrons. The molecule has 9 heteroatoms. The van der Waals surface area contributed by atoms with Gasteiger partial charge in [-0.3, -0.25) is 4.79 Å². The minimum atomic E-state index is -3.05. The first-order valence-corrected chi connectivity index (χ1v) is 11.6. The molecule has 0 N–H and O–H groups in total. The molecule has 6 nitrogen and oxygen atoms in total. The Balaban J connectivity index is 1.59. The average molecular weight is 415 g/mol. The first kappa shape index (κ1) is 18.3. The molecule has 3 atom stereocenters. The second-order valence-electron chi connectivity index (χ2n) is 6.79. The minimum absolute atomic E-state index is 0.0802. The number of ether oxygens (including phenoxy) is 1. The summed E-state index contributed by atoms with van der Waals surface area (Å²) in [5.74, 6) is -0.0354. The molecule has 4 rings (SSSR count). The number of carbonyl (C=O) groups excluding carboxylic acids is 1. The second kappa shape index (κ2) is 7.14. The zero-order valence-corrected chi connectivity index (χ0v) is 16.4. The first-order valence-electron chi connectivity index (χ1n) is 8.53. The molecular formula is C17H19ClN2O4S2. The second-order valence-corrected chi connectivity index (χ2v) is 10.6. The number of amidine groups is 1. The standard InChI is InChI=1S/C17H19ClN2O4S2/c18-12-5-3-11(4-6-12)8-20-13-9-26(22,23)10-15(13)25-17(20)19-16(21)14-2-1-7-24-14/h3-6,13-15H,1-2,7-10H2/t13-,14-,15-/m1/s1. The number of halogens is 1. The largest absolute Gasteiger partial charge is 0.368 e. The van der Waals surface area contributed by atoms with Crippen LogP contribution in [0.3, 0.4) is 0 Å². The summed E-state index contributed by atoms with van der Waals surface area (Å²) in [6, 6.07) is 7.26. The molecule has 0 radical (unpaired) electrons. The number of amides is 1. The highest BCUT2D eigenvalue weighted by Crippen LogP contribution is 2.39. The Morgan fingerprint density at radius 3 is 2.77 bits per heavy atom. The molecule has 0 aliphatic carbocycles. The average Bonchev–Trinajstić information content (AvgIpc) is 3.27. The van der Waals surface area contributed by atoms with Gasteiger partial charge in [-0.2, -0.15) is 4.99 Å². The van der Waals surface area contributed by atoms with Gasteiger partial charge >= 0.3 is 0 Å². The van der Waals surface area contributed by atoms with Gasteiger partial charge in [-0.05, 0) is 30.5 Å². The highest BCUT2D eigenvalue weighted by atomic mass is 35.5. The summed E-state index contributed by atoms with van der Waals surface area (Å²) in [6.07, 6.45) is 1.09. The fourth-order valence-corrected chi connectivity index (χ4v) is 7.63. The van der Waals surface area contributed by atoms with Crippen LogP contribution in [0.4, 0.5) is 0 Å².